The summed E-state index contributed by atoms with van der Waals surface area (Å²) in [4.78, 5) is 6.58. The normalized spacial score (nSPS) is 16.5. The fraction of sp³-hybridized carbons (Fsp3) is 0.462. The molecule has 0 aromatic carbocycles. The first-order valence-electron chi connectivity index (χ1n) is 6.36. The zero-order valence-electron chi connectivity index (χ0n) is 10.8. The number of anilines is 1. The number of piperazine rings is 1. The van der Waals surface area contributed by atoms with E-state index in [2.05, 4.69) is 15.2 Å². The molecule has 1 aliphatic rings. The van der Waals surface area contributed by atoms with Gasteiger partial charge in [-0.1, -0.05) is 0 Å². The Balaban J connectivity index is 1.90. The van der Waals surface area contributed by atoms with Crippen LogP contribution in [0.1, 0.15) is 0 Å². The number of rotatable bonds is 5. The molecule has 0 atom stereocenters. The van der Waals surface area contributed by atoms with E-state index in [0.717, 1.165) is 32.0 Å². The van der Waals surface area contributed by atoms with Gasteiger partial charge in [0.05, 0.1) is 12.5 Å². The van der Waals surface area contributed by atoms with Crippen molar-refractivity contribution in [3.05, 3.63) is 30.2 Å². The highest BCUT2D eigenvalue weighted by Gasteiger charge is 2.11. The van der Waals surface area contributed by atoms with Crippen LogP contribution in [-0.4, -0.2) is 44.3 Å². The number of nitrogens with zero attached hydrogens (tertiary/aromatic N) is 2. The van der Waals surface area contributed by atoms with Crippen LogP contribution < -0.4 is 20.7 Å². The number of hydrogen-bond acceptors (Lipinski definition) is 5. The lowest BCUT2D eigenvalue weighted by atomic mass is 10.3. The Morgan fingerprint density at radius 2 is 2.26 bits per heavy atom. The van der Waals surface area contributed by atoms with Crippen LogP contribution in [-0.2, 0) is 0 Å². The molecule has 5 nitrogen and oxygen atoms in total. The maximum atomic E-state index is 12.3. The van der Waals surface area contributed by atoms with Crippen LogP contribution in [0.2, 0.25) is 0 Å². The first kappa shape index (κ1) is 13.8. The molecule has 0 radical (unpaired) electrons. The standard InChI is InChI=1S/C13H19FN4O/c14-7-11(8-15)10-19-12-1-2-13(17-9-12)18-5-3-16-4-6-18/h1-2,7,9,16H,3-6,8,10,15H2/b11-7+. The van der Waals surface area contributed by atoms with E-state index in [1.165, 1.54) is 0 Å². The van der Waals surface area contributed by atoms with E-state index < -0.39 is 0 Å². The van der Waals surface area contributed by atoms with Gasteiger partial charge in [-0.2, -0.15) is 0 Å². The Labute approximate surface area is 112 Å². The quantitative estimate of drug-likeness (QED) is 0.820. The third-order valence-electron chi connectivity index (χ3n) is 3.00. The van der Waals surface area contributed by atoms with Gasteiger partial charge in [0, 0.05) is 38.3 Å². The average Bonchev–Trinajstić information content (AvgIpc) is 2.50. The minimum absolute atomic E-state index is 0.154. The van der Waals surface area contributed by atoms with E-state index in [4.69, 9.17) is 10.5 Å². The summed E-state index contributed by atoms with van der Waals surface area (Å²) in [5, 5.41) is 3.29. The molecule has 1 fully saturated rings. The van der Waals surface area contributed by atoms with Crippen LogP contribution in [0.4, 0.5) is 10.2 Å². The number of nitrogens with one attached hydrogen (secondary N) is 1. The second kappa shape index (κ2) is 7.06. The van der Waals surface area contributed by atoms with Gasteiger partial charge in [-0.15, -0.1) is 0 Å². The van der Waals surface area contributed by atoms with Crippen LogP contribution >= 0.6 is 0 Å². The Bertz CT molecular complexity index is 415. The van der Waals surface area contributed by atoms with Crippen LogP contribution in [0.3, 0.4) is 0 Å². The second-order valence-corrected chi connectivity index (χ2v) is 4.35. The predicted molar refractivity (Wildman–Crippen MR) is 73.1 cm³/mol. The highest BCUT2D eigenvalue weighted by atomic mass is 19.1. The van der Waals surface area contributed by atoms with E-state index >= 15 is 0 Å². The van der Waals surface area contributed by atoms with Crippen LogP contribution in [0.25, 0.3) is 0 Å². The van der Waals surface area contributed by atoms with E-state index in [-0.39, 0.29) is 13.2 Å². The van der Waals surface area contributed by atoms with E-state index in [0.29, 0.717) is 17.7 Å². The zero-order chi connectivity index (χ0) is 13.5. The molecular formula is C13H19FN4O. The van der Waals surface area contributed by atoms with Gasteiger partial charge in [0.1, 0.15) is 18.2 Å². The van der Waals surface area contributed by atoms with Crippen LogP contribution in [0, 0.1) is 0 Å². The molecule has 1 aromatic heterocycles. The lowest BCUT2D eigenvalue weighted by molar-refractivity contribution is 0.346. The number of nitrogens with two attached hydrogens (primary N) is 1. The summed E-state index contributed by atoms with van der Waals surface area (Å²) < 4.78 is 17.7. The zero-order valence-corrected chi connectivity index (χ0v) is 10.8. The molecule has 0 spiro atoms. The Morgan fingerprint density at radius 1 is 1.47 bits per heavy atom. The number of ether oxygens (including phenoxy) is 1. The third-order valence-corrected chi connectivity index (χ3v) is 3.00. The summed E-state index contributed by atoms with van der Waals surface area (Å²) in [6.07, 6.45) is 2.15. The van der Waals surface area contributed by atoms with E-state index in [9.17, 15) is 4.39 Å². The second-order valence-electron chi connectivity index (χ2n) is 4.35. The topological polar surface area (TPSA) is 63.4 Å². The van der Waals surface area contributed by atoms with Crippen molar-refractivity contribution >= 4 is 5.82 Å². The number of pyridine rings is 1. The molecule has 2 rings (SSSR count). The molecule has 1 saturated heterocycles. The summed E-state index contributed by atoms with van der Waals surface area (Å²) >= 11 is 0. The molecule has 19 heavy (non-hydrogen) atoms. The lowest BCUT2D eigenvalue weighted by Gasteiger charge is -2.28. The molecule has 104 valence electrons. The minimum Gasteiger partial charge on any atom is -0.487 e. The first-order chi connectivity index (χ1) is 9.33. The fourth-order valence-corrected chi connectivity index (χ4v) is 1.85. The van der Waals surface area contributed by atoms with Crippen molar-refractivity contribution in [2.45, 2.75) is 0 Å². The molecule has 1 aromatic rings. The summed E-state index contributed by atoms with van der Waals surface area (Å²) in [5.41, 5.74) is 5.77. The third kappa shape index (κ3) is 3.90. The Hall–Kier alpha value is -1.66. The Morgan fingerprint density at radius 3 is 2.84 bits per heavy atom. The molecule has 3 N–H and O–H groups in total. The fourth-order valence-electron chi connectivity index (χ4n) is 1.85. The molecule has 1 aliphatic heterocycles. The largest absolute Gasteiger partial charge is 0.487 e. The molecule has 6 heteroatoms. The van der Waals surface area contributed by atoms with Gasteiger partial charge in [-0.25, -0.2) is 9.37 Å². The monoisotopic (exact) mass is 266 g/mol. The average molecular weight is 266 g/mol. The van der Waals surface area contributed by atoms with Crippen molar-refractivity contribution in [1.82, 2.24) is 10.3 Å². The highest BCUT2D eigenvalue weighted by Crippen LogP contribution is 2.16. The van der Waals surface area contributed by atoms with Crippen LogP contribution in [0.5, 0.6) is 5.75 Å². The molecule has 0 saturated carbocycles. The van der Waals surface area contributed by atoms with Gasteiger partial charge < -0.3 is 20.7 Å². The van der Waals surface area contributed by atoms with Gasteiger partial charge in [0.2, 0.25) is 0 Å². The molecule has 2 heterocycles. The number of halogens is 1. The van der Waals surface area contributed by atoms with Gasteiger partial charge >= 0.3 is 0 Å². The minimum atomic E-state index is 0.154. The molecular weight excluding hydrogens is 247 g/mol. The van der Waals surface area contributed by atoms with Crippen LogP contribution in [0.15, 0.2) is 30.2 Å². The summed E-state index contributed by atoms with van der Waals surface area (Å²) in [7, 11) is 0. The molecule has 0 bridgehead atoms. The summed E-state index contributed by atoms with van der Waals surface area (Å²) in [6, 6.07) is 3.76. The predicted octanol–water partition coefficient (Wildman–Crippen LogP) is 0.682. The first-order valence-corrected chi connectivity index (χ1v) is 6.36. The summed E-state index contributed by atoms with van der Waals surface area (Å²) in [5.74, 6) is 1.56. The van der Waals surface area contributed by atoms with E-state index in [1.807, 2.05) is 12.1 Å². The maximum absolute atomic E-state index is 12.3. The molecule has 0 aliphatic carbocycles. The Kier molecular flexibility index (Phi) is 5.11. The highest BCUT2D eigenvalue weighted by molar-refractivity contribution is 5.41. The van der Waals surface area contributed by atoms with Crippen molar-refractivity contribution < 1.29 is 9.13 Å². The van der Waals surface area contributed by atoms with Crippen molar-refractivity contribution in [3.8, 4) is 5.75 Å². The maximum Gasteiger partial charge on any atom is 0.138 e. The summed E-state index contributed by atoms with van der Waals surface area (Å²) in [6.45, 7) is 4.16. The molecule has 0 unspecified atom stereocenters. The van der Waals surface area contributed by atoms with Gasteiger partial charge in [0.25, 0.3) is 0 Å². The number of hydrogen-bond donors (Lipinski definition) is 2. The van der Waals surface area contributed by atoms with Gasteiger partial charge in [0.15, 0.2) is 0 Å². The van der Waals surface area contributed by atoms with Gasteiger partial charge in [-0.3, -0.25) is 0 Å². The van der Waals surface area contributed by atoms with Crippen molar-refractivity contribution in [3.63, 3.8) is 0 Å². The van der Waals surface area contributed by atoms with Crippen molar-refractivity contribution in [1.29, 1.82) is 0 Å². The smallest absolute Gasteiger partial charge is 0.138 e. The SMILES string of the molecule is NC/C(=C\F)COc1ccc(N2CCNCC2)nc1. The van der Waals surface area contributed by atoms with Crippen molar-refractivity contribution in [2.75, 3.05) is 44.2 Å². The van der Waals surface area contributed by atoms with Crippen molar-refractivity contribution in [2.24, 2.45) is 5.73 Å². The molecule has 0 amide bonds. The lowest BCUT2D eigenvalue weighted by Crippen LogP contribution is -2.43. The van der Waals surface area contributed by atoms with E-state index in [1.54, 1.807) is 6.20 Å². The number of aromatic nitrogens is 1. The van der Waals surface area contributed by atoms with Gasteiger partial charge in [-0.05, 0) is 12.1 Å².